The van der Waals surface area contributed by atoms with Crippen LogP contribution in [0.25, 0.3) is 0 Å². The van der Waals surface area contributed by atoms with Crippen LogP contribution in [-0.2, 0) is 17.0 Å². The van der Waals surface area contributed by atoms with Gasteiger partial charge < -0.3 is 9.84 Å². The van der Waals surface area contributed by atoms with E-state index in [0.29, 0.717) is 12.5 Å². The Kier molecular flexibility index (Phi) is 9.38. The van der Waals surface area contributed by atoms with Crippen LogP contribution in [0.5, 0.6) is 0 Å². The van der Waals surface area contributed by atoms with E-state index in [1.54, 1.807) is 18.4 Å². The number of rotatable bonds is 11. The lowest BCUT2D eigenvalue weighted by molar-refractivity contribution is 0.129. The van der Waals surface area contributed by atoms with Crippen molar-refractivity contribution in [3.63, 3.8) is 0 Å². The molecule has 0 aliphatic carbocycles. The average Bonchev–Trinajstić information content (AvgIpc) is 2.88. The zero-order chi connectivity index (χ0) is 13.9. The van der Waals surface area contributed by atoms with Gasteiger partial charge in [0.25, 0.3) is 0 Å². The summed E-state index contributed by atoms with van der Waals surface area (Å²) in [7, 11) is 1.70. The molecule has 0 unspecified atom stereocenters. The number of methoxy groups -OCH3 is 1. The van der Waals surface area contributed by atoms with Gasteiger partial charge in [0.15, 0.2) is 0 Å². The number of unbranched alkanes of at least 4 members (excludes halogenated alkanes) is 1. The molecule has 19 heavy (non-hydrogen) atoms. The molecule has 1 heterocycles. The van der Waals surface area contributed by atoms with Crippen molar-refractivity contribution in [1.29, 1.82) is 0 Å². The molecule has 1 aromatic rings. The van der Waals surface area contributed by atoms with Crippen LogP contribution in [0.2, 0.25) is 0 Å². The van der Waals surface area contributed by atoms with Crippen molar-refractivity contribution < 1.29 is 9.84 Å². The van der Waals surface area contributed by atoms with Gasteiger partial charge in [0.1, 0.15) is 0 Å². The number of aliphatic hydroxyl groups excluding tert-OH is 1. The van der Waals surface area contributed by atoms with Gasteiger partial charge >= 0.3 is 0 Å². The molecule has 0 aliphatic rings. The number of halogens is 1. The maximum Gasteiger partial charge on any atom is 0.0928 e. The predicted molar refractivity (Wildman–Crippen MR) is 80.0 cm³/mol. The lowest BCUT2D eigenvalue weighted by Gasteiger charge is -2.20. The van der Waals surface area contributed by atoms with Crippen molar-refractivity contribution in [2.45, 2.75) is 25.1 Å². The third-order valence-electron chi connectivity index (χ3n) is 2.88. The number of aryl methyl sites for hydroxylation is 1. The molecule has 0 saturated carbocycles. The van der Waals surface area contributed by atoms with Gasteiger partial charge in [0.05, 0.1) is 29.8 Å². The Balaban J connectivity index is 2.16. The number of thiazole rings is 1. The highest BCUT2D eigenvalue weighted by Gasteiger charge is 2.05. The van der Waals surface area contributed by atoms with Gasteiger partial charge in [-0.15, -0.1) is 22.9 Å². The molecule has 1 rings (SSSR count). The quantitative estimate of drug-likeness (QED) is 0.502. The molecular weight excluding hydrogens is 284 g/mol. The molecule has 1 N–H and O–H groups in total. The lowest BCUT2D eigenvalue weighted by atomic mass is 10.2. The fourth-order valence-electron chi connectivity index (χ4n) is 1.83. The van der Waals surface area contributed by atoms with Crippen LogP contribution >= 0.6 is 22.9 Å². The first-order valence-electron chi connectivity index (χ1n) is 6.61. The number of hydrogen-bond acceptors (Lipinski definition) is 5. The van der Waals surface area contributed by atoms with Gasteiger partial charge in [-0.1, -0.05) is 0 Å². The molecule has 0 aromatic carbocycles. The first-order valence-corrected chi connectivity index (χ1v) is 8.03. The third kappa shape index (κ3) is 7.22. The zero-order valence-electron chi connectivity index (χ0n) is 11.5. The summed E-state index contributed by atoms with van der Waals surface area (Å²) < 4.78 is 5.07. The van der Waals surface area contributed by atoms with Crippen molar-refractivity contribution in [1.82, 2.24) is 9.88 Å². The summed E-state index contributed by atoms with van der Waals surface area (Å²) in [6.45, 7) is 3.51. The Morgan fingerprint density at radius 2 is 2.21 bits per heavy atom. The molecule has 110 valence electrons. The summed E-state index contributed by atoms with van der Waals surface area (Å²) in [5.41, 5.74) is 0.976. The van der Waals surface area contributed by atoms with Crippen LogP contribution in [0.15, 0.2) is 5.38 Å². The van der Waals surface area contributed by atoms with Crippen LogP contribution in [0.3, 0.4) is 0 Å². The molecule has 0 saturated heterocycles. The first kappa shape index (κ1) is 16.9. The van der Waals surface area contributed by atoms with Crippen molar-refractivity contribution in [2.75, 3.05) is 40.0 Å². The Morgan fingerprint density at radius 1 is 1.37 bits per heavy atom. The molecule has 0 amide bonds. The second-order valence-corrected chi connectivity index (χ2v) is 5.59. The topological polar surface area (TPSA) is 45.6 Å². The molecule has 1 aromatic heterocycles. The molecule has 0 fully saturated rings. The average molecular weight is 307 g/mol. The highest BCUT2D eigenvalue weighted by molar-refractivity contribution is 7.09. The van der Waals surface area contributed by atoms with E-state index in [1.165, 1.54) is 5.01 Å². The Morgan fingerprint density at radius 3 is 2.84 bits per heavy atom. The van der Waals surface area contributed by atoms with E-state index in [0.717, 1.165) is 44.6 Å². The summed E-state index contributed by atoms with van der Waals surface area (Å²) in [6.07, 6.45) is 3.24. The molecule has 6 heteroatoms. The van der Waals surface area contributed by atoms with Gasteiger partial charge in [-0.2, -0.15) is 0 Å². The fraction of sp³-hybridized carbons (Fsp3) is 0.769. The van der Waals surface area contributed by atoms with Crippen molar-refractivity contribution in [3.05, 3.63) is 16.1 Å². The summed E-state index contributed by atoms with van der Waals surface area (Å²) in [5, 5.41) is 12.2. The number of aromatic nitrogens is 1. The van der Waals surface area contributed by atoms with E-state index >= 15 is 0 Å². The second-order valence-electron chi connectivity index (χ2n) is 4.38. The highest BCUT2D eigenvalue weighted by atomic mass is 35.5. The van der Waals surface area contributed by atoms with E-state index in [2.05, 4.69) is 9.88 Å². The first-order chi connectivity index (χ1) is 9.30. The van der Waals surface area contributed by atoms with Crippen LogP contribution in [-0.4, -0.2) is 54.9 Å². The Hall–Kier alpha value is -0.200. The summed E-state index contributed by atoms with van der Waals surface area (Å²) in [4.78, 5) is 6.68. The summed E-state index contributed by atoms with van der Waals surface area (Å²) in [6, 6.07) is 0. The minimum atomic E-state index is 0.204. The van der Waals surface area contributed by atoms with Crippen LogP contribution in [0, 0.1) is 0 Å². The largest absolute Gasteiger partial charge is 0.395 e. The Bertz CT molecular complexity index is 336. The number of alkyl halides is 1. The van der Waals surface area contributed by atoms with Crippen molar-refractivity contribution >= 4 is 22.9 Å². The van der Waals surface area contributed by atoms with Crippen LogP contribution < -0.4 is 0 Å². The van der Waals surface area contributed by atoms with Crippen LogP contribution in [0.1, 0.15) is 23.5 Å². The van der Waals surface area contributed by atoms with Gasteiger partial charge in [-0.05, 0) is 25.8 Å². The van der Waals surface area contributed by atoms with Gasteiger partial charge in [-0.25, -0.2) is 4.98 Å². The summed E-state index contributed by atoms with van der Waals surface area (Å²) >= 11 is 7.42. The van der Waals surface area contributed by atoms with E-state index in [9.17, 15) is 0 Å². The highest BCUT2D eigenvalue weighted by Crippen LogP contribution is 2.14. The van der Waals surface area contributed by atoms with Gasteiger partial charge in [0, 0.05) is 25.6 Å². The standard InChI is InChI=1S/C13H23ClN2O2S/c1-18-9-7-16(6-8-17)5-3-2-4-13-15-12(10-14)11-19-13/h11,17H,2-10H2,1H3. The SMILES string of the molecule is COCCN(CCO)CCCCc1nc(CCl)cs1. The molecule has 0 spiro atoms. The minimum absolute atomic E-state index is 0.204. The van der Waals surface area contributed by atoms with Crippen molar-refractivity contribution in [3.8, 4) is 0 Å². The zero-order valence-corrected chi connectivity index (χ0v) is 13.0. The van der Waals surface area contributed by atoms with E-state index < -0.39 is 0 Å². The van der Waals surface area contributed by atoms with E-state index in [1.807, 2.05) is 5.38 Å². The van der Waals surface area contributed by atoms with Crippen LogP contribution in [0.4, 0.5) is 0 Å². The maximum atomic E-state index is 9.00. The summed E-state index contributed by atoms with van der Waals surface area (Å²) in [5.74, 6) is 0.498. The second kappa shape index (κ2) is 10.6. The molecular formula is C13H23ClN2O2S. The number of hydrogen-bond donors (Lipinski definition) is 1. The lowest BCUT2D eigenvalue weighted by Crippen LogP contribution is -2.31. The smallest absolute Gasteiger partial charge is 0.0928 e. The normalized spacial score (nSPS) is 11.4. The van der Waals surface area contributed by atoms with Gasteiger partial charge in [0.2, 0.25) is 0 Å². The number of nitrogens with zero attached hydrogens (tertiary/aromatic N) is 2. The van der Waals surface area contributed by atoms with E-state index in [4.69, 9.17) is 21.4 Å². The minimum Gasteiger partial charge on any atom is -0.395 e. The van der Waals surface area contributed by atoms with E-state index in [-0.39, 0.29) is 6.61 Å². The number of ether oxygens (including phenoxy) is 1. The fourth-order valence-corrected chi connectivity index (χ4v) is 2.90. The van der Waals surface area contributed by atoms with Crippen molar-refractivity contribution in [2.24, 2.45) is 0 Å². The molecule has 4 nitrogen and oxygen atoms in total. The van der Waals surface area contributed by atoms with Gasteiger partial charge in [-0.3, -0.25) is 4.90 Å². The third-order valence-corrected chi connectivity index (χ3v) is 4.11. The molecule has 0 bridgehead atoms. The molecule has 0 atom stereocenters. The number of aliphatic hydroxyl groups is 1. The molecule has 0 radical (unpaired) electrons. The monoisotopic (exact) mass is 306 g/mol. The predicted octanol–water partition coefficient (Wildman–Crippen LogP) is 2.15. The molecule has 0 aliphatic heterocycles. The maximum absolute atomic E-state index is 9.00. The Labute approximate surface area is 124 Å².